The number of hydrogen-bond acceptors (Lipinski definition) is 8. The van der Waals surface area contributed by atoms with E-state index in [9.17, 15) is 15.0 Å². The summed E-state index contributed by atoms with van der Waals surface area (Å²) >= 11 is 0. The molecule has 3 aromatic rings. The minimum Gasteiger partial charge on any atom is -0.508 e. The van der Waals surface area contributed by atoms with E-state index >= 15 is 0 Å². The topological polar surface area (TPSA) is 122 Å². The van der Waals surface area contributed by atoms with Gasteiger partial charge in [-0.3, -0.25) is 4.90 Å². The molecular formula is C25H31N5O5. The van der Waals surface area contributed by atoms with Gasteiger partial charge in [0.05, 0.1) is 13.2 Å². The number of hydrogen-bond donors (Lipinski definition) is 3. The fourth-order valence-electron chi connectivity index (χ4n) is 4.02. The summed E-state index contributed by atoms with van der Waals surface area (Å²) < 4.78 is 12.3. The monoisotopic (exact) mass is 481 g/mol. The van der Waals surface area contributed by atoms with Crippen LogP contribution in [0.3, 0.4) is 0 Å². The standard InChI is InChI=1S/C25H31N5O5/c1-4-26-25(33)35-24-23(18-7-5-17(6-8-18)15-29-9-11-34-12-10-29)30(28-27-24)20-13-19(16(2)3)21(31)14-22(20)32/h5-8,13-14,16,31-32H,4,9-12,15H2,1-3H3,(H,26,33). The molecule has 0 unspecified atom stereocenters. The second-order valence-electron chi connectivity index (χ2n) is 8.71. The molecule has 1 saturated heterocycles. The third kappa shape index (κ3) is 5.55. The van der Waals surface area contributed by atoms with Crippen LogP contribution in [0.2, 0.25) is 0 Å². The van der Waals surface area contributed by atoms with Gasteiger partial charge in [-0.25, -0.2) is 9.48 Å². The number of nitrogens with one attached hydrogen (secondary N) is 1. The van der Waals surface area contributed by atoms with Gasteiger partial charge in [0, 0.05) is 37.8 Å². The Kier molecular flexibility index (Phi) is 7.52. The van der Waals surface area contributed by atoms with Gasteiger partial charge in [0.15, 0.2) is 0 Å². The fraction of sp³-hybridized carbons (Fsp3) is 0.400. The molecular weight excluding hydrogens is 450 g/mol. The molecule has 1 aliphatic rings. The smallest absolute Gasteiger partial charge is 0.414 e. The zero-order chi connectivity index (χ0) is 24.9. The Hall–Kier alpha value is -3.63. The van der Waals surface area contributed by atoms with Gasteiger partial charge < -0.3 is 25.0 Å². The van der Waals surface area contributed by atoms with Crippen LogP contribution < -0.4 is 10.1 Å². The number of carbonyl (C=O) groups excluding carboxylic acids is 1. The molecule has 1 amide bonds. The first-order valence-electron chi connectivity index (χ1n) is 11.7. The molecule has 0 radical (unpaired) electrons. The summed E-state index contributed by atoms with van der Waals surface area (Å²) in [6, 6.07) is 10.8. The van der Waals surface area contributed by atoms with Crippen LogP contribution in [0.25, 0.3) is 16.9 Å². The highest BCUT2D eigenvalue weighted by atomic mass is 16.6. The first-order chi connectivity index (χ1) is 16.9. The van der Waals surface area contributed by atoms with Crippen molar-refractivity contribution in [3.8, 4) is 34.3 Å². The van der Waals surface area contributed by atoms with Crippen LogP contribution >= 0.6 is 0 Å². The maximum absolute atomic E-state index is 12.2. The maximum Gasteiger partial charge on any atom is 0.414 e. The van der Waals surface area contributed by atoms with Crippen LogP contribution in [0, 0.1) is 0 Å². The highest BCUT2D eigenvalue weighted by Crippen LogP contribution is 2.38. The van der Waals surface area contributed by atoms with E-state index in [2.05, 4.69) is 20.5 Å². The Morgan fingerprint density at radius 2 is 1.86 bits per heavy atom. The summed E-state index contributed by atoms with van der Waals surface area (Å²) in [6.45, 7) is 10.1. The molecule has 10 nitrogen and oxygen atoms in total. The van der Waals surface area contributed by atoms with Crippen molar-refractivity contribution < 1.29 is 24.5 Å². The molecule has 1 fully saturated rings. The number of amides is 1. The molecule has 0 saturated carbocycles. The van der Waals surface area contributed by atoms with Crippen LogP contribution in [0.4, 0.5) is 4.79 Å². The van der Waals surface area contributed by atoms with Crippen LogP contribution in [0.15, 0.2) is 36.4 Å². The number of nitrogens with zero attached hydrogens (tertiary/aromatic N) is 4. The van der Waals surface area contributed by atoms with Crippen molar-refractivity contribution in [1.29, 1.82) is 0 Å². The lowest BCUT2D eigenvalue weighted by Gasteiger charge is -2.26. The van der Waals surface area contributed by atoms with Crippen molar-refractivity contribution in [2.75, 3.05) is 32.8 Å². The van der Waals surface area contributed by atoms with Gasteiger partial charge in [-0.05, 0) is 30.0 Å². The lowest BCUT2D eigenvalue weighted by molar-refractivity contribution is 0.0342. The molecule has 1 aromatic heterocycles. The van der Waals surface area contributed by atoms with Crippen molar-refractivity contribution >= 4 is 6.09 Å². The highest BCUT2D eigenvalue weighted by molar-refractivity contribution is 5.75. The van der Waals surface area contributed by atoms with Crippen molar-refractivity contribution in [2.45, 2.75) is 33.2 Å². The summed E-state index contributed by atoms with van der Waals surface area (Å²) in [6.07, 6.45) is -0.650. The minimum atomic E-state index is -0.650. The summed E-state index contributed by atoms with van der Waals surface area (Å²) in [7, 11) is 0. The van der Waals surface area contributed by atoms with E-state index in [0.29, 0.717) is 29.1 Å². The van der Waals surface area contributed by atoms with Crippen LogP contribution in [0.5, 0.6) is 17.4 Å². The summed E-state index contributed by atoms with van der Waals surface area (Å²) in [5.41, 5.74) is 3.21. The predicted molar refractivity (Wildman–Crippen MR) is 130 cm³/mol. The first kappa shape index (κ1) is 24.5. The van der Waals surface area contributed by atoms with Crippen LogP contribution in [-0.4, -0.2) is 69.0 Å². The van der Waals surface area contributed by atoms with E-state index < -0.39 is 6.09 Å². The molecule has 186 valence electrons. The number of carbonyl (C=O) groups is 1. The third-order valence-electron chi connectivity index (χ3n) is 5.86. The molecule has 4 rings (SSSR count). The number of aromatic nitrogens is 3. The Morgan fingerprint density at radius 1 is 1.14 bits per heavy atom. The molecule has 0 aliphatic carbocycles. The molecule has 2 aromatic carbocycles. The molecule has 2 heterocycles. The van der Waals surface area contributed by atoms with Gasteiger partial charge in [-0.2, -0.15) is 0 Å². The minimum absolute atomic E-state index is 0.00539. The van der Waals surface area contributed by atoms with Crippen molar-refractivity contribution in [2.24, 2.45) is 0 Å². The average molecular weight is 482 g/mol. The second-order valence-corrected chi connectivity index (χ2v) is 8.71. The third-order valence-corrected chi connectivity index (χ3v) is 5.86. The molecule has 10 heteroatoms. The number of phenols is 2. The Labute approximate surface area is 204 Å². The molecule has 0 bridgehead atoms. The Balaban J connectivity index is 1.74. The van der Waals surface area contributed by atoms with Gasteiger partial charge >= 0.3 is 6.09 Å². The Bertz CT molecular complexity index is 1170. The summed E-state index contributed by atoms with van der Waals surface area (Å²) in [4.78, 5) is 14.5. The Morgan fingerprint density at radius 3 is 2.51 bits per heavy atom. The van der Waals surface area contributed by atoms with Crippen molar-refractivity contribution in [3.05, 3.63) is 47.5 Å². The maximum atomic E-state index is 12.2. The van der Waals surface area contributed by atoms with Crippen molar-refractivity contribution in [1.82, 2.24) is 25.2 Å². The van der Waals surface area contributed by atoms with E-state index in [1.54, 1.807) is 13.0 Å². The molecule has 1 aliphatic heterocycles. The summed E-state index contributed by atoms with van der Waals surface area (Å²) in [5, 5.41) is 31.8. The lowest BCUT2D eigenvalue weighted by Crippen LogP contribution is -2.35. The number of benzene rings is 2. The van der Waals surface area contributed by atoms with Crippen LogP contribution in [-0.2, 0) is 11.3 Å². The molecule has 0 spiro atoms. The summed E-state index contributed by atoms with van der Waals surface area (Å²) in [5.74, 6) is -0.164. The van der Waals surface area contributed by atoms with Crippen molar-refractivity contribution in [3.63, 3.8) is 0 Å². The fourth-order valence-corrected chi connectivity index (χ4v) is 4.02. The van der Waals surface area contributed by atoms with Gasteiger partial charge in [0.25, 0.3) is 5.88 Å². The zero-order valence-electron chi connectivity index (χ0n) is 20.2. The molecule has 3 N–H and O–H groups in total. The average Bonchev–Trinajstić information content (AvgIpc) is 3.23. The van der Waals surface area contributed by atoms with Crippen LogP contribution in [0.1, 0.15) is 37.8 Å². The van der Waals surface area contributed by atoms with Gasteiger partial charge in [-0.1, -0.05) is 48.4 Å². The van der Waals surface area contributed by atoms with Gasteiger partial charge in [0.2, 0.25) is 0 Å². The van der Waals surface area contributed by atoms with E-state index in [1.165, 1.54) is 10.7 Å². The number of morpholine rings is 1. The molecule has 0 atom stereocenters. The predicted octanol–water partition coefficient (Wildman–Crippen LogP) is 3.41. The zero-order valence-corrected chi connectivity index (χ0v) is 20.2. The normalized spacial score (nSPS) is 14.3. The number of phenolic OH excluding ortho intramolecular Hbond substituents is 2. The largest absolute Gasteiger partial charge is 0.508 e. The van der Waals surface area contributed by atoms with Gasteiger partial charge in [0.1, 0.15) is 22.9 Å². The van der Waals surface area contributed by atoms with E-state index in [1.807, 2.05) is 38.1 Å². The lowest BCUT2D eigenvalue weighted by atomic mass is 10.0. The van der Waals surface area contributed by atoms with E-state index in [0.717, 1.165) is 38.4 Å². The highest BCUT2D eigenvalue weighted by Gasteiger charge is 2.23. The number of ether oxygens (including phenoxy) is 2. The SMILES string of the molecule is CCNC(=O)Oc1nnn(-c2cc(C(C)C)c(O)cc2O)c1-c1ccc(CN2CCOCC2)cc1. The van der Waals surface area contributed by atoms with E-state index in [-0.39, 0.29) is 23.3 Å². The quantitative estimate of drug-likeness (QED) is 0.469. The molecule has 35 heavy (non-hydrogen) atoms. The first-order valence-corrected chi connectivity index (χ1v) is 11.7. The van der Waals surface area contributed by atoms with E-state index in [4.69, 9.17) is 9.47 Å². The number of rotatable bonds is 7. The second kappa shape index (κ2) is 10.7. The van der Waals surface area contributed by atoms with Gasteiger partial charge in [-0.15, -0.1) is 0 Å². The number of aromatic hydroxyl groups is 2.